The third kappa shape index (κ3) is 3.36. The zero-order chi connectivity index (χ0) is 15.4. The fraction of sp³-hybridized carbons (Fsp3) is 0.133. The smallest absolute Gasteiger partial charge is 0.303 e. The summed E-state index contributed by atoms with van der Waals surface area (Å²) in [6.07, 6.45) is -0.298. The van der Waals surface area contributed by atoms with Gasteiger partial charge in [0.2, 0.25) is 5.91 Å². The van der Waals surface area contributed by atoms with E-state index in [-0.39, 0.29) is 24.6 Å². The van der Waals surface area contributed by atoms with Crippen molar-refractivity contribution in [3.8, 4) is 0 Å². The van der Waals surface area contributed by atoms with Crippen LogP contribution in [0.15, 0.2) is 36.4 Å². The van der Waals surface area contributed by atoms with Crippen LogP contribution in [0.3, 0.4) is 0 Å². The molecule has 1 amide bonds. The van der Waals surface area contributed by atoms with Crippen molar-refractivity contribution in [2.24, 2.45) is 5.73 Å². The summed E-state index contributed by atoms with van der Waals surface area (Å²) in [6.45, 7) is 0. The van der Waals surface area contributed by atoms with Gasteiger partial charge in [-0.1, -0.05) is 24.3 Å². The van der Waals surface area contributed by atoms with E-state index < -0.39 is 5.97 Å². The quantitative estimate of drug-likeness (QED) is 0.496. The van der Waals surface area contributed by atoms with Crippen molar-refractivity contribution in [2.75, 3.05) is 5.32 Å². The van der Waals surface area contributed by atoms with Gasteiger partial charge in [0.1, 0.15) is 5.84 Å². The van der Waals surface area contributed by atoms with E-state index in [4.69, 9.17) is 16.2 Å². The summed E-state index contributed by atoms with van der Waals surface area (Å²) in [5, 5.41) is 20.4. The lowest BCUT2D eigenvalue weighted by atomic mass is 10.0. The number of carboxylic acid groups (broad SMARTS) is 1. The van der Waals surface area contributed by atoms with Crippen molar-refractivity contribution in [2.45, 2.75) is 12.8 Å². The summed E-state index contributed by atoms with van der Waals surface area (Å²) in [7, 11) is 0. The average molecular weight is 285 g/mol. The SMILES string of the molecule is N=C(N)c1ccc(NC(=O)CCC(=O)O)c2ccccc12. The van der Waals surface area contributed by atoms with Crippen LogP contribution in [-0.4, -0.2) is 22.8 Å². The number of fused-ring (bicyclic) bond motifs is 1. The standard InChI is InChI=1S/C15H15N3O3/c16-15(17)11-5-6-12(10-4-2-1-3-9(10)11)18-13(19)7-8-14(20)21/h1-6H,7-8H2,(H3,16,17)(H,18,19)(H,20,21). The number of nitrogens with two attached hydrogens (primary N) is 1. The molecule has 0 atom stereocenters. The average Bonchev–Trinajstić information content (AvgIpc) is 2.45. The minimum absolute atomic E-state index is 0.0463. The zero-order valence-electron chi connectivity index (χ0n) is 11.2. The van der Waals surface area contributed by atoms with Crippen LogP contribution in [0.25, 0.3) is 10.8 Å². The Kier molecular flexibility index (Phi) is 4.18. The predicted molar refractivity (Wildman–Crippen MR) is 80.5 cm³/mol. The van der Waals surface area contributed by atoms with E-state index in [2.05, 4.69) is 5.32 Å². The van der Waals surface area contributed by atoms with Crippen molar-refractivity contribution in [1.82, 2.24) is 0 Å². The number of hydrogen-bond acceptors (Lipinski definition) is 3. The number of carbonyl (C=O) groups is 2. The van der Waals surface area contributed by atoms with Gasteiger partial charge in [-0.25, -0.2) is 0 Å². The molecule has 0 saturated heterocycles. The Balaban J connectivity index is 2.33. The van der Waals surface area contributed by atoms with Crippen LogP contribution < -0.4 is 11.1 Å². The Morgan fingerprint density at radius 1 is 1.10 bits per heavy atom. The molecule has 0 fully saturated rings. The largest absolute Gasteiger partial charge is 0.481 e. The zero-order valence-corrected chi connectivity index (χ0v) is 11.2. The van der Waals surface area contributed by atoms with Crippen molar-refractivity contribution < 1.29 is 14.7 Å². The van der Waals surface area contributed by atoms with Gasteiger partial charge in [0.05, 0.1) is 6.42 Å². The van der Waals surface area contributed by atoms with Gasteiger partial charge in [0.15, 0.2) is 0 Å². The highest BCUT2D eigenvalue weighted by atomic mass is 16.4. The number of benzene rings is 2. The van der Waals surface area contributed by atoms with E-state index in [1.807, 2.05) is 24.3 Å². The molecule has 21 heavy (non-hydrogen) atoms. The second-order valence-electron chi connectivity index (χ2n) is 4.56. The molecule has 6 nitrogen and oxygen atoms in total. The number of carboxylic acids is 1. The van der Waals surface area contributed by atoms with Crippen molar-refractivity contribution in [3.05, 3.63) is 42.0 Å². The van der Waals surface area contributed by atoms with E-state index in [1.54, 1.807) is 12.1 Å². The molecule has 6 heteroatoms. The first-order valence-corrected chi connectivity index (χ1v) is 6.37. The molecule has 0 heterocycles. The van der Waals surface area contributed by atoms with Crippen LogP contribution >= 0.6 is 0 Å². The number of amides is 1. The molecule has 0 unspecified atom stereocenters. The van der Waals surface area contributed by atoms with E-state index in [9.17, 15) is 9.59 Å². The predicted octanol–water partition coefficient (Wildman–Crippen LogP) is 1.93. The summed E-state index contributed by atoms with van der Waals surface area (Å²) in [5.41, 5.74) is 6.71. The molecule has 108 valence electrons. The Bertz CT molecular complexity index is 725. The number of rotatable bonds is 5. The molecule has 5 N–H and O–H groups in total. The fourth-order valence-electron chi connectivity index (χ4n) is 2.08. The molecule has 0 aliphatic rings. The number of carbonyl (C=O) groups excluding carboxylic acids is 1. The highest BCUT2D eigenvalue weighted by molar-refractivity contribution is 6.12. The first-order chi connectivity index (χ1) is 9.99. The van der Waals surface area contributed by atoms with Crippen LogP contribution in [0.4, 0.5) is 5.69 Å². The minimum Gasteiger partial charge on any atom is -0.481 e. The molecule has 0 aromatic heterocycles. The van der Waals surface area contributed by atoms with Crippen LogP contribution in [-0.2, 0) is 9.59 Å². The molecule has 2 aromatic carbocycles. The second-order valence-corrected chi connectivity index (χ2v) is 4.56. The molecule has 0 aliphatic heterocycles. The molecule has 0 aliphatic carbocycles. The van der Waals surface area contributed by atoms with Gasteiger partial charge in [-0.3, -0.25) is 15.0 Å². The van der Waals surface area contributed by atoms with E-state index >= 15 is 0 Å². The van der Waals surface area contributed by atoms with Gasteiger partial charge in [-0.15, -0.1) is 0 Å². The lowest BCUT2D eigenvalue weighted by Crippen LogP contribution is -2.15. The van der Waals surface area contributed by atoms with E-state index in [1.165, 1.54) is 0 Å². The molecule has 0 bridgehead atoms. The summed E-state index contributed by atoms with van der Waals surface area (Å²) in [4.78, 5) is 22.2. The monoisotopic (exact) mass is 285 g/mol. The lowest BCUT2D eigenvalue weighted by Gasteiger charge is -2.11. The molecule has 0 spiro atoms. The molecule has 2 aromatic rings. The molecule has 0 radical (unpaired) electrons. The van der Waals surface area contributed by atoms with Gasteiger partial charge in [0.25, 0.3) is 0 Å². The Morgan fingerprint density at radius 3 is 2.38 bits per heavy atom. The Labute approximate surface area is 121 Å². The van der Waals surface area contributed by atoms with Gasteiger partial charge >= 0.3 is 5.97 Å². The molecule has 0 saturated carbocycles. The molecular formula is C15H15N3O3. The maximum absolute atomic E-state index is 11.7. The van der Waals surface area contributed by atoms with E-state index in [0.29, 0.717) is 11.3 Å². The Morgan fingerprint density at radius 2 is 1.76 bits per heavy atom. The van der Waals surface area contributed by atoms with Crippen molar-refractivity contribution >= 4 is 34.2 Å². The number of anilines is 1. The van der Waals surface area contributed by atoms with Crippen LogP contribution in [0, 0.1) is 5.41 Å². The van der Waals surface area contributed by atoms with Crippen molar-refractivity contribution in [1.29, 1.82) is 5.41 Å². The minimum atomic E-state index is -1.01. The van der Waals surface area contributed by atoms with Gasteiger partial charge in [-0.2, -0.15) is 0 Å². The van der Waals surface area contributed by atoms with Gasteiger partial charge in [0, 0.05) is 23.1 Å². The number of amidine groups is 1. The van der Waals surface area contributed by atoms with Crippen LogP contribution in [0.5, 0.6) is 0 Å². The van der Waals surface area contributed by atoms with Crippen LogP contribution in [0.1, 0.15) is 18.4 Å². The van der Waals surface area contributed by atoms with E-state index in [0.717, 1.165) is 10.8 Å². The third-order valence-corrected chi connectivity index (χ3v) is 3.05. The summed E-state index contributed by atoms with van der Waals surface area (Å²) < 4.78 is 0. The topological polar surface area (TPSA) is 116 Å². The normalized spacial score (nSPS) is 10.3. The fourth-order valence-corrected chi connectivity index (χ4v) is 2.08. The number of hydrogen-bond donors (Lipinski definition) is 4. The number of nitrogens with one attached hydrogen (secondary N) is 2. The summed E-state index contributed by atoms with van der Waals surface area (Å²) >= 11 is 0. The van der Waals surface area contributed by atoms with Crippen molar-refractivity contribution in [3.63, 3.8) is 0 Å². The maximum Gasteiger partial charge on any atom is 0.303 e. The summed E-state index contributed by atoms with van der Waals surface area (Å²) in [6, 6.07) is 10.6. The lowest BCUT2D eigenvalue weighted by molar-refractivity contribution is -0.138. The first kappa shape index (κ1) is 14.5. The Hall–Kier alpha value is -2.89. The van der Waals surface area contributed by atoms with Gasteiger partial charge < -0.3 is 16.2 Å². The number of aliphatic carboxylic acids is 1. The first-order valence-electron chi connectivity index (χ1n) is 6.37. The second kappa shape index (κ2) is 6.04. The number of nitrogen functional groups attached to an aromatic ring is 1. The molecular weight excluding hydrogens is 270 g/mol. The summed E-state index contributed by atoms with van der Waals surface area (Å²) in [5.74, 6) is -1.42. The maximum atomic E-state index is 11.7. The highest BCUT2D eigenvalue weighted by Gasteiger charge is 2.11. The highest BCUT2D eigenvalue weighted by Crippen LogP contribution is 2.26. The van der Waals surface area contributed by atoms with Crippen LogP contribution in [0.2, 0.25) is 0 Å². The van der Waals surface area contributed by atoms with Gasteiger partial charge in [-0.05, 0) is 17.5 Å². The molecule has 2 rings (SSSR count). The third-order valence-electron chi connectivity index (χ3n) is 3.05.